The van der Waals surface area contributed by atoms with Crippen molar-refractivity contribution in [1.29, 1.82) is 0 Å². The van der Waals surface area contributed by atoms with Gasteiger partial charge in [-0.3, -0.25) is 4.79 Å². The number of rotatable bonds is 5. The van der Waals surface area contributed by atoms with E-state index in [0.29, 0.717) is 17.2 Å². The monoisotopic (exact) mass is 276 g/mol. The van der Waals surface area contributed by atoms with Gasteiger partial charge in [-0.15, -0.1) is 0 Å². The van der Waals surface area contributed by atoms with Crippen LogP contribution in [0.4, 0.5) is 27.4 Å². The summed E-state index contributed by atoms with van der Waals surface area (Å²) in [6, 6.07) is 9.07. The Balaban J connectivity index is 2.08. The molecule has 0 saturated carbocycles. The van der Waals surface area contributed by atoms with Crippen LogP contribution in [0, 0.1) is 5.82 Å². The minimum atomic E-state index is -0.988. The first-order valence-corrected chi connectivity index (χ1v) is 5.79. The van der Waals surface area contributed by atoms with E-state index >= 15 is 0 Å². The van der Waals surface area contributed by atoms with Crippen molar-refractivity contribution in [1.82, 2.24) is 4.98 Å². The number of halogens is 1. The van der Waals surface area contributed by atoms with Crippen LogP contribution in [0.1, 0.15) is 0 Å². The fourth-order valence-corrected chi connectivity index (χ4v) is 1.55. The van der Waals surface area contributed by atoms with Crippen LogP contribution in [0.15, 0.2) is 36.4 Å². The molecule has 0 aliphatic rings. The van der Waals surface area contributed by atoms with Gasteiger partial charge in [0.15, 0.2) is 0 Å². The highest BCUT2D eigenvalue weighted by Crippen LogP contribution is 2.21. The number of aromatic nitrogens is 1. The molecule has 104 valence electrons. The second-order valence-corrected chi connectivity index (χ2v) is 4.01. The molecule has 6 nitrogen and oxygen atoms in total. The van der Waals surface area contributed by atoms with Crippen LogP contribution in [-0.2, 0) is 4.79 Å². The molecule has 1 heterocycles. The molecular formula is C13H13FN4O2. The minimum absolute atomic E-state index is 0.179. The molecular weight excluding hydrogens is 263 g/mol. The van der Waals surface area contributed by atoms with Crippen LogP contribution in [-0.4, -0.2) is 22.6 Å². The first-order chi connectivity index (χ1) is 9.54. The third kappa shape index (κ3) is 3.58. The summed E-state index contributed by atoms with van der Waals surface area (Å²) in [6.45, 7) is -0.239. The SMILES string of the molecule is Nc1nc(Nc2ccc(F)cc2)ccc1NCC(=O)O. The molecule has 0 atom stereocenters. The zero-order valence-electron chi connectivity index (χ0n) is 10.4. The largest absolute Gasteiger partial charge is 0.480 e. The lowest BCUT2D eigenvalue weighted by molar-refractivity contribution is -0.134. The number of benzene rings is 1. The number of carbonyl (C=O) groups is 1. The van der Waals surface area contributed by atoms with E-state index in [1.807, 2.05) is 0 Å². The lowest BCUT2D eigenvalue weighted by Gasteiger charge is -2.10. The minimum Gasteiger partial charge on any atom is -0.480 e. The van der Waals surface area contributed by atoms with Gasteiger partial charge in [0.2, 0.25) is 0 Å². The zero-order chi connectivity index (χ0) is 14.5. The lowest BCUT2D eigenvalue weighted by atomic mass is 10.3. The topological polar surface area (TPSA) is 100 Å². The van der Waals surface area contributed by atoms with Gasteiger partial charge in [-0.2, -0.15) is 0 Å². The summed E-state index contributed by atoms with van der Waals surface area (Å²) < 4.78 is 12.8. The smallest absolute Gasteiger partial charge is 0.322 e. The molecule has 0 unspecified atom stereocenters. The Bertz CT molecular complexity index is 616. The Hall–Kier alpha value is -2.83. The predicted molar refractivity (Wildman–Crippen MR) is 74.5 cm³/mol. The molecule has 0 aliphatic heterocycles. The van der Waals surface area contributed by atoms with Gasteiger partial charge >= 0.3 is 5.97 Å². The van der Waals surface area contributed by atoms with E-state index in [9.17, 15) is 9.18 Å². The number of nitrogens with two attached hydrogens (primary N) is 1. The number of carboxylic acids is 1. The average molecular weight is 276 g/mol. The van der Waals surface area contributed by atoms with Gasteiger partial charge in [-0.1, -0.05) is 0 Å². The molecule has 1 aromatic heterocycles. The molecule has 7 heteroatoms. The highest BCUT2D eigenvalue weighted by molar-refractivity contribution is 5.75. The fourth-order valence-electron chi connectivity index (χ4n) is 1.55. The number of carboxylic acid groups (broad SMARTS) is 1. The standard InChI is InChI=1S/C13H13FN4O2/c14-8-1-3-9(4-2-8)17-11-6-5-10(13(15)18-11)16-7-12(19)20/h1-6,16H,7H2,(H,19,20)(H3,15,17,18). The predicted octanol–water partition coefficient (Wildman–Crippen LogP) is 2.04. The lowest BCUT2D eigenvalue weighted by Crippen LogP contribution is -2.14. The Morgan fingerprint density at radius 3 is 2.55 bits per heavy atom. The third-order valence-corrected chi connectivity index (χ3v) is 2.47. The van der Waals surface area contributed by atoms with Crippen LogP contribution in [0.5, 0.6) is 0 Å². The summed E-state index contributed by atoms with van der Waals surface area (Å²) >= 11 is 0. The van der Waals surface area contributed by atoms with Crippen LogP contribution >= 0.6 is 0 Å². The van der Waals surface area contributed by atoms with Gasteiger partial charge < -0.3 is 21.5 Å². The average Bonchev–Trinajstić information content (AvgIpc) is 2.40. The Labute approximate surface area is 114 Å². The highest BCUT2D eigenvalue weighted by Gasteiger charge is 2.04. The van der Waals surface area contributed by atoms with Crippen molar-refractivity contribution in [3.05, 3.63) is 42.2 Å². The van der Waals surface area contributed by atoms with Gasteiger partial charge in [0, 0.05) is 5.69 Å². The van der Waals surface area contributed by atoms with Crippen LogP contribution in [0.2, 0.25) is 0 Å². The highest BCUT2D eigenvalue weighted by atomic mass is 19.1. The fraction of sp³-hybridized carbons (Fsp3) is 0.0769. The molecule has 2 aromatic rings. The number of hydrogen-bond acceptors (Lipinski definition) is 5. The van der Waals surface area contributed by atoms with Gasteiger partial charge in [-0.05, 0) is 36.4 Å². The van der Waals surface area contributed by atoms with E-state index in [2.05, 4.69) is 15.6 Å². The maximum Gasteiger partial charge on any atom is 0.322 e. The van der Waals surface area contributed by atoms with Gasteiger partial charge in [0.25, 0.3) is 0 Å². The van der Waals surface area contributed by atoms with E-state index in [0.717, 1.165) is 0 Å². The van der Waals surface area contributed by atoms with Crippen LogP contribution in [0.3, 0.4) is 0 Å². The van der Waals surface area contributed by atoms with E-state index in [4.69, 9.17) is 10.8 Å². The maximum absolute atomic E-state index is 12.8. The van der Waals surface area contributed by atoms with E-state index in [1.54, 1.807) is 24.3 Å². The van der Waals surface area contributed by atoms with Gasteiger partial charge in [0.1, 0.15) is 24.0 Å². The number of nitrogens with zero attached hydrogens (tertiary/aromatic N) is 1. The maximum atomic E-state index is 12.8. The summed E-state index contributed by atoms with van der Waals surface area (Å²) in [5, 5.41) is 14.2. The van der Waals surface area contributed by atoms with Crippen molar-refractivity contribution >= 4 is 29.0 Å². The van der Waals surface area contributed by atoms with E-state index in [-0.39, 0.29) is 18.2 Å². The first-order valence-electron chi connectivity index (χ1n) is 5.79. The van der Waals surface area contributed by atoms with Crippen molar-refractivity contribution < 1.29 is 14.3 Å². The number of aliphatic carboxylic acids is 1. The summed E-state index contributed by atoms with van der Waals surface area (Å²) in [7, 11) is 0. The molecule has 0 fully saturated rings. The van der Waals surface area contributed by atoms with Crippen LogP contribution in [0.25, 0.3) is 0 Å². The number of pyridine rings is 1. The van der Waals surface area contributed by atoms with Gasteiger partial charge in [-0.25, -0.2) is 9.37 Å². The van der Waals surface area contributed by atoms with E-state index < -0.39 is 5.97 Å². The number of nitrogen functional groups attached to an aromatic ring is 1. The van der Waals surface area contributed by atoms with Crippen molar-refractivity contribution in [2.24, 2.45) is 0 Å². The molecule has 0 radical (unpaired) electrons. The Morgan fingerprint density at radius 1 is 1.25 bits per heavy atom. The van der Waals surface area contributed by atoms with Crippen molar-refractivity contribution in [2.45, 2.75) is 0 Å². The Morgan fingerprint density at radius 2 is 1.95 bits per heavy atom. The molecule has 0 saturated heterocycles. The molecule has 1 aromatic carbocycles. The summed E-state index contributed by atoms with van der Waals surface area (Å²) in [5.41, 5.74) is 6.83. The molecule has 0 bridgehead atoms. The van der Waals surface area contributed by atoms with Crippen LogP contribution < -0.4 is 16.4 Å². The van der Waals surface area contributed by atoms with Crippen molar-refractivity contribution in [3.8, 4) is 0 Å². The third-order valence-electron chi connectivity index (χ3n) is 2.47. The molecule has 5 N–H and O–H groups in total. The van der Waals surface area contributed by atoms with Gasteiger partial charge in [0.05, 0.1) is 5.69 Å². The molecule has 0 aliphatic carbocycles. The molecule has 20 heavy (non-hydrogen) atoms. The normalized spacial score (nSPS) is 10.1. The summed E-state index contributed by atoms with van der Waals surface area (Å²) in [6.07, 6.45) is 0. The molecule has 2 rings (SSSR count). The second kappa shape index (κ2) is 5.87. The van der Waals surface area contributed by atoms with Crippen molar-refractivity contribution in [3.63, 3.8) is 0 Å². The number of hydrogen-bond donors (Lipinski definition) is 4. The summed E-state index contributed by atoms with van der Waals surface area (Å²) in [5.74, 6) is -0.650. The van der Waals surface area contributed by atoms with Crippen molar-refractivity contribution in [2.75, 3.05) is 22.9 Å². The number of nitrogens with one attached hydrogen (secondary N) is 2. The quantitative estimate of drug-likeness (QED) is 0.667. The molecule has 0 amide bonds. The zero-order valence-corrected chi connectivity index (χ0v) is 10.4. The van der Waals surface area contributed by atoms with E-state index in [1.165, 1.54) is 12.1 Å². The first kappa shape index (κ1) is 13.6. The second-order valence-electron chi connectivity index (χ2n) is 4.01. The number of anilines is 4. The summed E-state index contributed by atoms with van der Waals surface area (Å²) in [4.78, 5) is 14.5. The Kier molecular flexibility index (Phi) is 3.99. The molecule has 0 spiro atoms.